The molecule has 0 amide bonds. The average Bonchev–Trinajstić information content (AvgIpc) is 2.82. The van der Waals surface area contributed by atoms with E-state index in [9.17, 15) is 21.6 Å². The molecule has 0 aromatic carbocycles. The van der Waals surface area contributed by atoms with Crippen LogP contribution in [-0.4, -0.2) is 32.9 Å². The molecule has 0 aromatic rings. The number of hydrogen-bond donors (Lipinski definition) is 0. The third kappa shape index (κ3) is 3.86. The lowest BCUT2D eigenvalue weighted by Crippen LogP contribution is -2.33. The van der Waals surface area contributed by atoms with Crippen molar-refractivity contribution in [1.29, 1.82) is 0 Å². The van der Waals surface area contributed by atoms with Gasteiger partial charge in [-0.15, -0.1) is 0 Å². The zero-order valence-electron chi connectivity index (χ0n) is 11.2. The van der Waals surface area contributed by atoms with Crippen LogP contribution in [0.3, 0.4) is 0 Å². The molecule has 20 heavy (non-hydrogen) atoms. The topological polar surface area (TPSA) is 61.8 Å². The molecular weight excluding hydrogens is 301 g/mol. The van der Waals surface area contributed by atoms with Gasteiger partial charge in [-0.1, -0.05) is 13.8 Å². The van der Waals surface area contributed by atoms with Gasteiger partial charge in [0.25, 0.3) is 0 Å². The highest BCUT2D eigenvalue weighted by atomic mass is 32.2. The Morgan fingerprint density at radius 3 is 2.20 bits per heavy atom. The van der Waals surface area contributed by atoms with Crippen LogP contribution >= 0.6 is 0 Å². The molecule has 1 fully saturated rings. The van der Waals surface area contributed by atoms with Crippen molar-refractivity contribution in [2.24, 2.45) is 0 Å². The van der Waals surface area contributed by atoms with Crippen molar-refractivity contribution in [1.82, 2.24) is 0 Å². The molecule has 1 aliphatic heterocycles. The molecule has 1 spiro atoms. The maximum absolute atomic E-state index is 12.1. The van der Waals surface area contributed by atoms with Crippen LogP contribution in [0.1, 0.15) is 33.1 Å². The molecule has 0 unspecified atom stereocenters. The molecule has 2 rings (SSSR count). The van der Waals surface area contributed by atoms with E-state index in [4.69, 9.17) is 9.47 Å². The number of allylic oxidation sites excluding steroid dienone is 1. The summed E-state index contributed by atoms with van der Waals surface area (Å²) < 4.78 is 72.6. The van der Waals surface area contributed by atoms with Gasteiger partial charge in [0.1, 0.15) is 5.76 Å². The molecule has 1 heterocycles. The first-order chi connectivity index (χ1) is 9.24. The second kappa shape index (κ2) is 6.31. The van der Waals surface area contributed by atoms with Gasteiger partial charge in [-0.2, -0.15) is 21.6 Å². The first kappa shape index (κ1) is 17.3. The highest BCUT2D eigenvalue weighted by Gasteiger charge is 2.49. The van der Waals surface area contributed by atoms with E-state index in [2.05, 4.69) is 4.18 Å². The van der Waals surface area contributed by atoms with Crippen molar-refractivity contribution in [3.8, 4) is 0 Å². The summed E-state index contributed by atoms with van der Waals surface area (Å²) >= 11 is 0. The number of halogens is 3. The summed E-state index contributed by atoms with van der Waals surface area (Å²) in [5, 5.41) is 0. The monoisotopic (exact) mass is 318 g/mol. The van der Waals surface area contributed by atoms with E-state index in [-0.39, 0.29) is 25.0 Å². The standard InChI is InChI=1S/C9H11F3O5S.C2H6/c10-9(11,12)18(13,14)17-7-1-3-8(4-2-7)15-5-6-16-8;1-2/h1H,2-6H2;1-2H3. The smallest absolute Gasteiger partial charge is 0.381 e. The summed E-state index contributed by atoms with van der Waals surface area (Å²) in [6.07, 6.45) is 1.73. The molecule has 118 valence electrons. The van der Waals surface area contributed by atoms with Crippen molar-refractivity contribution in [2.75, 3.05) is 13.2 Å². The largest absolute Gasteiger partial charge is 0.534 e. The third-order valence-electron chi connectivity index (χ3n) is 2.71. The van der Waals surface area contributed by atoms with Crippen molar-refractivity contribution < 1.29 is 35.2 Å². The minimum absolute atomic E-state index is 0.0231. The van der Waals surface area contributed by atoms with Gasteiger partial charge in [0.05, 0.1) is 13.2 Å². The van der Waals surface area contributed by atoms with Gasteiger partial charge in [0, 0.05) is 19.3 Å². The Balaban J connectivity index is 0.000000956. The number of hydrogen-bond acceptors (Lipinski definition) is 5. The fraction of sp³-hybridized carbons (Fsp3) is 0.818. The molecule has 0 atom stereocenters. The molecule has 0 saturated carbocycles. The van der Waals surface area contributed by atoms with Crippen LogP contribution in [0.25, 0.3) is 0 Å². The Morgan fingerprint density at radius 2 is 1.80 bits per heavy atom. The van der Waals surface area contributed by atoms with Crippen LogP contribution in [0, 0.1) is 0 Å². The molecule has 2 aliphatic rings. The summed E-state index contributed by atoms with van der Waals surface area (Å²) in [7, 11) is -5.58. The molecule has 9 heteroatoms. The summed E-state index contributed by atoms with van der Waals surface area (Å²) in [5.41, 5.74) is -5.41. The SMILES string of the molecule is CC.O=S(=O)(OC1=CCC2(CC1)OCCO2)C(F)(F)F. The lowest BCUT2D eigenvalue weighted by molar-refractivity contribution is -0.163. The Morgan fingerprint density at radius 1 is 1.25 bits per heavy atom. The Bertz CT molecular complexity index is 449. The Kier molecular flexibility index (Phi) is 5.45. The van der Waals surface area contributed by atoms with Gasteiger partial charge >= 0.3 is 15.6 Å². The number of rotatable bonds is 2. The third-order valence-corrected chi connectivity index (χ3v) is 3.71. The summed E-state index contributed by atoms with van der Waals surface area (Å²) in [6.45, 7) is 4.84. The fourth-order valence-corrected chi connectivity index (χ4v) is 2.34. The Hall–Kier alpha value is -0.800. The molecule has 1 aliphatic carbocycles. The maximum Gasteiger partial charge on any atom is 0.534 e. The predicted molar refractivity (Wildman–Crippen MR) is 64.0 cm³/mol. The van der Waals surface area contributed by atoms with E-state index in [1.54, 1.807) is 0 Å². The van der Waals surface area contributed by atoms with Crippen LogP contribution < -0.4 is 0 Å². The summed E-state index contributed by atoms with van der Waals surface area (Å²) in [4.78, 5) is 0. The first-order valence-electron chi connectivity index (χ1n) is 6.22. The predicted octanol–water partition coefficient (Wildman–Crippen LogP) is 2.69. The molecule has 1 saturated heterocycles. The van der Waals surface area contributed by atoms with Gasteiger partial charge in [-0.05, 0) is 6.08 Å². The molecule has 0 radical (unpaired) electrons. The van der Waals surface area contributed by atoms with Crippen LogP contribution in [0.2, 0.25) is 0 Å². The van der Waals surface area contributed by atoms with Crippen molar-refractivity contribution in [3.63, 3.8) is 0 Å². The quantitative estimate of drug-likeness (QED) is 0.579. The lowest BCUT2D eigenvalue weighted by atomic mass is 9.99. The zero-order chi connectivity index (χ0) is 15.4. The number of alkyl halides is 3. The average molecular weight is 318 g/mol. The van der Waals surface area contributed by atoms with Gasteiger partial charge < -0.3 is 13.7 Å². The second-order valence-corrected chi connectivity index (χ2v) is 5.50. The van der Waals surface area contributed by atoms with Crippen LogP contribution in [0.5, 0.6) is 0 Å². The highest BCUT2D eigenvalue weighted by Crippen LogP contribution is 2.37. The van der Waals surface area contributed by atoms with E-state index >= 15 is 0 Å². The Labute approximate surface area is 115 Å². The van der Waals surface area contributed by atoms with Crippen LogP contribution in [-0.2, 0) is 23.8 Å². The lowest BCUT2D eigenvalue weighted by Gasteiger charge is -2.30. The molecule has 5 nitrogen and oxygen atoms in total. The van der Waals surface area contributed by atoms with E-state index in [0.717, 1.165) is 0 Å². The van der Waals surface area contributed by atoms with E-state index in [1.807, 2.05) is 13.8 Å². The highest BCUT2D eigenvalue weighted by molar-refractivity contribution is 7.87. The van der Waals surface area contributed by atoms with E-state index in [0.29, 0.717) is 13.2 Å². The zero-order valence-corrected chi connectivity index (χ0v) is 12.0. The van der Waals surface area contributed by atoms with Gasteiger partial charge in [0.15, 0.2) is 5.79 Å². The summed E-state index contributed by atoms with van der Waals surface area (Å²) in [5.74, 6) is -1.05. The minimum Gasteiger partial charge on any atom is -0.381 e. The molecular formula is C11H17F3O5S. The van der Waals surface area contributed by atoms with Crippen molar-refractivity contribution in [2.45, 2.75) is 44.4 Å². The van der Waals surface area contributed by atoms with Crippen molar-refractivity contribution >= 4 is 10.1 Å². The molecule has 0 N–H and O–H groups in total. The van der Waals surface area contributed by atoms with Gasteiger partial charge in [-0.25, -0.2) is 0 Å². The van der Waals surface area contributed by atoms with Gasteiger partial charge in [-0.3, -0.25) is 0 Å². The van der Waals surface area contributed by atoms with E-state index in [1.165, 1.54) is 6.08 Å². The molecule has 0 bridgehead atoms. The van der Waals surface area contributed by atoms with E-state index < -0.39 is 21.4 Å². The fourth-order valence-electron chi connectivity index (χ4n) is 1.81. The maximum atomic E-state index is 12.1. The summed E-state index contributed by atoms with van der Waals surface area (Å²) in [6, 6.07) is 0. The minimum atomic E-state index is -5.58. The molecule has 0 aromatic heterocycles. The normalized spacial score (nSPS) is 21.9. The van der Waals surface area contributed by atoms with Crippen LogP contribution in [0.4, 0.5) is 13.2 Å². The van der Waals surface area contributed by atoms with Crippen molar-refractivity contribution in [3.05, 3.63) is 11.8 Å². The number of ether oxygens (including phenoxy) is 2. The second-order valence-electron chi connectivity index (χ2n) is 3.97. The first-order valence-corrected chi connectivity index (χ1v) is 7.63. The van der Waals surface area contributed by atoms with Crippen LogP contribution in [0.15, 0.2) is 11.8 Å². The van der Waals surface area contributed by atoms with Gasteiger partial charge in [0.2, 0.25) is 0 Å².